The number of rotatable bonds is 6. The number of carbonyl (C=O) groups is 1. The van der Waals surface area contributed by atoms with Crippen LogP contribution in [0, 0.1) is 10.1 Å². The Labute approximate surface area is 198 Å². The van der Waals surface area contributed by atoms with E-state index in [0.717, 1.165) is 5.69 Å². The van der Waals surface area contributed by atoms with Gasteiger partial charge < -0.3 is 14.5 Å². The van der Waals surface area contributed by atoms with Crippen molar-refractivity contribution < 1.29 is 22.9 Å². The molecule has 10 nitrogen and oxygen atoms in total. The number of morpholine rings is 1. The molecule has 0 radical (unpaired) electrons. The first-order valence-corrected chi connectivity index (χ1v) is 12.7. The van der Waals surface area contributed by atoms with E-state index in [1.165, 1.54) is 22.5 Å². The van der Waals surface area contributed by atoms with Crippen molar-refractivity contribution in [3.8, 4) is 0 Å². The van der Waals surface area contributed by atoms with Gasteiger partial charge in [0.05, 0.1) is 23.0 Å². The number of nitro groups is 1. The molecular formula is C23H28N4O6S. The van der Waals surface area contributed by atoms with Crippen LogP contribution in [0.4, 0.5) is 11.4 Å². The van der Waals surface area contributed by atoms with Gasteiger partial charge >= 0.3 is 0 Å². The van der Waals surface area contributed by atoms with Gasteiger partial charge in [0.25, 0.3) is 11.6 Å². The molecule has 2 aliphatic heterocycles. The number of ether oxygens (including phenoxy) is 1. The molecule has 2 saturated heterocycles. The number of anilines is 1. The number of aryl methyl sites for hydroxylation is 1. The molecular weight excluding hydrogens is 460 g/mol. The van der Waals surface area contributed by atoms with E-state index >= 15 is 0 Å². The molecule has 0 unspecified atom stereocenters. The molecule has 0 saturated carbocycles. The lowest BCUT2D eigenvalue weighted by Crippen LogP contribution is -2.48. The highest BCUT2D eigenvalue weighted by Crippen LogP contribution is 2.25. The summed E-state index contributed by atoms with van der Waals surface area (Å²) in [6.07, 6.45) is 0.543. The fourth-order valence-corrected chi connectivity index (χ4v) is 6.01. The maximum absolute atomic E-state index is 13.3. The smallest absolute Gasteiger partial charge is 0.269 e. The number of sulfonamides is 1. The second-order valence-corrected chi connectivity index (χ2v) is 10.2. The first kappa shape index (κ1) is 24.1. The molecule has 2 aromatic rings. The largest absolute Gasteiger partial charge is 0.379 e. The maximum Gasteiger partial charge on any atom is 0.269 e. The lowest BCUT2D eigenvalue weighted by atomic mass is 10.1. The van der Waals surface area contributed by atoms with E-state index in [1.807, 2.05) is 6.92 Å². The summed E-state index contributed by atoms with van der Waals surface area (Å²) in [4.78, 5) is 27.6. The molecule has 2 fully saturated rings. The zero-order valence-electron chi connectivity index (χ0n) is 19.1. The first-order chi connectivity index (χ1) is 16.3. The highest BCUT2D eigenvalue weighted by Gasteiger charge is 2.30. The predicted octanol–water partition coefficient (Wildman–Crippen LogP) is 2.14. The van der Waals surface area contributed by atoms with Crippen LogP contribution in [-0.4, -0.2) is 80.9 Å². The highest BCUT2D eigenvalue weighted by molar-refractivity contribution is 7.89. The van der Waals surface area contributed by atoms with Gasteiger partial charge in [0.2, 0.25) is 10.0 Å². The normalized spacial score (nSPS) is 17.6. The third kappa shape index (κ3) is 4.91. The van der Waals surface area contributed by atoms with Crippen molar-refractivity contribution >= 4 is 27.3 Å². The molecule has 0 N–H and O–H groups in total. The van der Waals surface area contributed by atoms with Crippen LogP contribution in [0.1, 0.15) is 22.8 Å². The Morgan fingerprint density at radius 2 is 1.65 bits per heavy atom. The summed E-state index contributed by atoms with van der Waals surface area (Å²) < 4.78 is 33.3. The molecule has 2 aromatic carbocycles. The number of benzene rings is 2. The van der Waals surface area contributed by atoms with Crippen LogP contribution >= 0.6 is 0 Å². The van der Waals surface area contributed by atoms with Crippen molar-refractivity contribution in [2.45, 2.75) is 18.2 Å². The Kier molecular flexibility index (Phi) is 7.15. The quantitative estimate of drug-likeness (QED) is 0.452. The average molecular weight is 489 g/mol. The Morgan fingerprint density at radius 3 is 2.24 bits per heavy atom. The van der Waals surface area contributed by atoms with Crippen molar-refractivity contribution in [3.05, 3.63) is 63.7 Å². The van der Waals surface area contributed by atoms with Crippen molar-refractivity contribution in [1.29, 1.82) is 0 Å². The Balaban J connectivity index is 1.48. The van der Waals surface area contributed by atoms with Gasteiger partial charge in [-0.3, -0.25) is 14.9 Å². The summed E-state index contributed by atoms with van der Waals surface area (Å²) >= 11 is 0. The number of amides is 1. The topological polar surface area (TPSA) is 113 Å². The van der Waals surface area contributed by atoms with E-state index in [0.29, 0.717) is 70.0 Å². The van der Waals surface area contributed by atoms with Crippen molar-refractivity contribution in [2.24, 2.45) is 0 Å². The molecule has 182 valence electrons. The summed E-state index contributed by atoms with van der Waals surface area (Å²) in [7, 11) is -3.72. The first-order valence-electron chi connectivity index (χ1n) is 11.3. The molecule has 11 heteroatoms. The average Bonchev–Trinajstić information content (AvgIpc) is 2.88. The Hall–Kier alpha value is -3.02. The molecule has 0 aliphatic carbocycles. The van der Waals surface area contributed by atoms with Crippen LogP contribution in [-0.2, 0) is 21.2 Å². The fourth-order valence-electron chi connectivity index (χ4n) is 4.28. The van der Waals surface area contributed by atoms with E-state index < -0.39 is 14.9 Å². The van der Waals surface area contributed by atoms with Crippen molar-refractivity contribution in [3.63, 3.8) is 0 Å². The zero-order valence-corrected chi connectivity index (χ0v) is 19.9. The maximum atomic E-state index is 13.3. The van der Waals surface area contributed by atoms with E-state index in [2.05, 4.69) is 4.90 Å². The molecule has 2 aliphatic rings. The predicted molar refractivity (Wildman–Crippen MR) is 127 cm³/mol. The van der Waals surface area contributed by atoms with Crippen LogP contribution in [0.3, 0.4) is 0 Å². The van der Waals surface area contributed by atoms with Crippen LogP contribution < -0.4 is 4.90 Å². The van der Waals surface area contributed by atoms with Gasteiger partial charge in [-0.15, -0.1) is 0 Å². The van der Waals surface area contributed by atoms with E-state index in [1.54, 1.807) is 29.2 Å². The number of nitro benzene ring substituents is 1. The highest BCUT2D eigenvalue weighted by atomic mass is 32.2. The van der Waals surface area contributed by atoms with Gasteiger partial charge in [0, 0.05) is 62.7 Å². The number of hydrogen-bond donors (Lipinski definition) is 0. The number of piperazine rings is 1. The molecule has 0 atom stereocenters. The Bertz CT molecular complexity index is 1150. The summed E-state index contributed by atoms with van der Waals surface area (Å²) in [5.74, 6) is -0.204. The van der Waals surface area contributed by atoms with Crippen LogP contribution in [0.15, 0.2) is 47.4 Å². The number of non-ortho nitro benzene ring substituents is 1. The summed E-state index contributed by atoms with van der Waals surface area (Å²) in [5.41, 5.74) is 1.94. The van der Waals surface area contributed by atoms with Crippen molar-refractivity contribution in [2.75, 3.05) is 57.4 Å². The number of nitrogens with zero attached hydrogens (tertiary/aromatic N) is 4. The van der Waals surface area contributed by atoms with E-state index in [-0.39, 0.29) is 16.5 Å². The van der Waals surface area contributed by atoms with Gasteiger partial charge in [-0.05, 0) is 36.2 Å². The van der Waals surface area contributed by atoms with Crippen molar-refractivity contribution in [1.82, 2.24) is 9.21 Å². The molecule has 0 bridgehead atoms. The van der Waals surface area contributed by atoms with Gasteiger partial charge in [0.1, 0.15) is 0 Å². The second-order valence-electron chi connectivity index (χ2n) is 8.25. The lowest BCUT2D eigenvalue weighted by molar-refractivity contribution is -0.384. The molecule has 4 rings (SSSR count). The summed E-state index contributed by atoms with van der Waals surface area (Å²) in [6, 6.07) is 11.3. The lowest BCUT2D eigenvalue weighted by Gasteiger charge is -2.36. The summed E-state index contributed by atoms with van der Waals surface area (Å²) in [6.45, 7) is 5.31. The number of carbonyl (C=O) groups excluding carboxylic acids is 1. The van der Waals surface area contributed by atoms with Gasteiger partial charge in [-0.2, -0.15) is 4.31 Å². The molecule has 2 heterocycles. The molecule has 1 amide bonds. The van der Waals surface area contributed by atoms with Gasteiger partial charge in [-0.1, -0.05) is 13.0 Å². The van der Waals surface area contributed by atoms with Gasteiger partial charge in [-0.25, -0.2) is 8.42 Å². The minimum Gasteiger partial charge on any atom is -0.379 e. The van der Waals surface area contributed by atoms with E-state index in [4.69, 9.17) is 4.74 Å². The van der Waals surface area contributed by atoms with Crippen LogP contribution in [0.5, 0.6) is 0 Å². The van der Waals surface area contributed by atoms with E-state index in [9.17, 15) is 23.3 Å². The fraction of sp³-hybridized carbons (Fsp3) is 0.435. The minimum absolute atomic E-state index is 0.0379. The number of hydrogen-bond acceptors (Lipinski definition) is 7. The SMILES string of the molecule is CCc1ccc(C(=O)N2CCN(c3ccc([N+](=O)[O-])cc3)CC2)cc1S(=O)(=O)N1CCOCC1. The third-order valence-corrected chi connectivity index (χ3v) is 8.26. The monoisotopic (exact) mass is 488 g/mol. The minimum atomic E-state index is -3.72. The zero-order chi connectivity index (χ0) is 24.3. The van der Waals surface area contributed by atoms with Crippen LogP contribution in [0.25, 0.3) is 0 Å². The third-order valence-electron chi connectivity index (χ3n) is 6.28. The molecule has 0 aromatic heterocycles. The second kappa shape index (κ2) is 10.1. The van der Waals surface area contributed by atoms with Crippen LogP contribution in [0.2, 0.25) is 0 Å². The standard InChI is InChI=1S/C23H28N4O6S/c1-2-18-3-4-19(17-22(18)34(31,32)26-13-15-33-16-14-26)23(28)25-11-9-24(10-12-25)20-5-7-21(8-6-20)27(29)30/h3-8,17H,2,9-16H2,1H3. The molecule has 0 spiro atoms. The summed E-state index contributed by atoms with van der Waals surface area (Å²) in [5, 5.41) is 10.9. The Morgan fingerprint density at radius 1 is 1.00 bits per heavy atom. The van der Waals surface area contributed by atoms with Gasteiger partial charge in [0.15, 0.2) is 0 Å². The molecule has 34 heavy (non-hydrogen) atoms.